The molecule has 0 heterocycles. The van der Waals surface area contributed by atoms with Gasteiger partial charge in [0.25, 0.3) is 11.8 Å². The quantitative estimate of drug-likeness (QED) is 0.585. The predicted molar refractivity (Wildman–Crippen MR) is 93.3 cm³/mol. The average Bonchev–Trinajstić information content (AvgIpc) is 2.65. The van der Waals surface area contributed by atoms with Crippen LogP contribution in [0.5, 0.6) is 0 Å². The number of anilines is 1. The zero-order chi connectivity index (χ0) is 18.9. The maximum absolute atomic E-state index is 12.0. The van der Waals surface area contributed by atoms with Crippen molar-refractivity contribution in [1.29, 1.82) is 0 Å². The number of amides is 3. The molecule has 8 nitrogen and oxygen atoms in total. The fraction of sp³-hybridized carbons (Fsp3) is 0.111. The Morgan fingerprint density at radius 2 is 1.35 bits per heavy atom. The molecule has 0 atom stereocenters. The number of benzene rings is 2. The highest BCUT2D eigenvalue weighted by Gasteiger charge is 2.10. The van der Waals surface area contributed by atoms with E-state index in [0.717, 1.165) is 0 Å². The van der Waals surface area contributed by atoms with Crippen LogP contribution >= 0.6 is 0 Å². The first-order valence-corrected chi connectivity index (χ1v) is 7.73. The molecule has 0 saturated carbocycles. The van der Waals surface area contributed by atoms with Crippen LogP contribution in [0, 0.1) is 0 Å². The largest absolute Gasteiger partial charge is 0.481 e. The van der Waals surface area contributed by atoms with Gasteiger partial charge in [-0.25, -0.2) is 0 Å². The van der Waals surface area contributed by atoms with Crippen LogP contribution in [0.1, 0.15) is 33.6 Å². The molecule has 134 valence electrons. The Kier molecular flexibility index (Phi) is 6.44. The number of carboxylic acids is 1. The van der Waals surface area contributed by atoms with Crippen LogP contribution in [-0.4, -0.2) is 28.8 Å². The standard InChI is InChI=1S/C18H17N3O5/c22-15(10-11-16(23)24)20-21-18(26)13-6-8-14(9-7-13)19-17(25)12-4-2-1-3-5-12/h1-9H,10-11H2,(H,19,25)(H,20,22)(H,21,26)(H,23,24). The molecule has 0 aliphatic carbocycles. The van der Waals surface area contributed by atoms with Gasteiger partial charge < -0.3 is 10.4 Å². The lowest BCUT2D eigenvalue weighted by atomic mass is 10.1. The summed E-state index contributed by atoms with van der Waals surface area (Å²) in [7, 11) is 0. The highest BCUT2D eigenvalue weighted by Crippen LogP contribution is 2.11. The van der Waals surface area contributed by atoms with Crippen molar-refractivity contribution in [2.45, 2.75) is 12.8 Å². The van der Waals surface area contributed by atoms with Crippen molar-refractivity contribution in [1.82, 2.24) is 10.9 Å². The Morgan fingerprint density at radius 3 is 1.96 bits per heavy atom. The number of carbonyl (C=O) groups excluding carboxylic acids is 3. The summed E-state index contributed by atoms with van der Waals surface area (Å²) < 4.78 is 0. The van der Waals surface area contributed by atoms with E-state index in [0.29, 0.717) is 11.3 Å². The van der Waals surface area contributed by atoms with E-state index in [2.05, 4.69) is 16.2 Å². The van der Waals surface area contributed by atoms with Gasteiger partial charge in [0, 0.05) is 23.2 Å². The van der Waals surface area contributed by atoms with E-state index in [-0.39, 0.29) is 24.3 Å². The van der Waals surface area contributed by atoms with Crippen LogP contribution in [0.25, 0.3) is 0 Å². The van der Waals surface area contributed by atoms with E-state index in [4.69, 9.17) is 5.11 Å². The lowest BCUT2D eigenvalue weighted by Gasteiger charge is -2.08. The first kappa shape index (κ1) is 18.7. The monoisotopic (exact) mass is 355 g/mol. The van der Waals surface area contributed by atoms with Gasteiger partial charge in [-0.2, -0.15) is 0 Å². The normalized spacial score (nSPS) is 9.85. The third-order valence-corrected chi connectivity index (χ3v) is 3.32. The van der Waals surface area contributed by atoms with Gasteiger partial charge in [0.05, 0.1) is 6.42 Å². The van der Waals surface area contributed by atoms with E-state index in [1.807, 2.05) is 6.07 Å². The molecule has 0 radical (unpaired) electrons. The number of hydrazine groups is 1. The van der Waals surface area contributed by atoms with Gasteiger partial charge in [-0.05, 0) is 36.4 Å². The minimum Gasteiger partial charge on any atom is -0.481 e. The highest BCUT2D eigenvalue weighted by atomic mass is 16.4. The number of hydrogen-bond acceptors (Lipinski definition) is 4. The molecule has 2 aromatic rings. The molecular formula is C18H17N3O5. The molecule has 4 N–H and O–H groups in total. The second kappa shape index (κ2) is 8.97. The molecule has 3 amide bonds. The zero-order valence-corrected chi connectivity index (χ0v) is 13.7. The average molecular weight is 355 g/mol. The summed E-state index contributed by atoms with van der Waals surface area (Å²) in [4.78, 5) is 45.7. The number of aliphatic carboxylic acids is 1. The molecule has 0 spiro atoms. The first-order valence-electron chi connectivity index (χ1n) is 7.73. The number of rotatable bonds is 6. The number of carbonyl (C=O) groups is 4. The molecular weight excluding hydrogens is 338 g/mol. The van der Waals surface area contributed by atoms with Crippen LogP contribution in [-0.2, 0) is 9.59 Å². The Balaban J connectivity index is 1.86. The molecule has 0 aliphatic heterocycles. The van der Waals surface area contributed by atoms with Crippen molar-refractivity contribution in [3.8, 4) is 0 Å². The van der Waals surface area contributed by atoms with Crippen LogP contribution in [0.2, 0.25) is 0 Å². The molecule has 8 heteroatoms. The van der Waals surface area contributed by atoms with Gasteiger partial charge in [-0.1, -0.05) is 18.2 Å². The van der Waals surface area contributed by atoms with Crippen LogP contribution < -0.4 is 16.2 Å². The van der Waals surface area contributed by atoms with Crippen LogP contribution in [0.15, 0.2) is 54.6 Å². The van der Waals surface area contributed by atoms with Crippen molar-refractivity contribution in [2.24, 2.45) is 0 Å². The van der Waals surface area contributed by atoms with Gasteiger partial charge in [-0.3, -0.25) is 30.0 Å². The van der Waals surface area contributed by atoms with Crippen molar-refractivity contribution in [3.63, 3.8) is 0 Å². The second-order valence-electron chi connectivity index (χ2n) is 5.29. The smallest absolute Gasteiger partial charge is 0.303 e. The summed E-state index contributed by atoms with van der Waals surface area (Å²) in [5.74, 6) is -2.53. The maximum Gasteiger partial charge on any atom is 0.303 e. The highest BCUT2D eigenvalue weighted by molar-refractivity contribution is 6.04. The zero-order valence-electron chi connectivity index (χ0n) is 13.7. The van der Waals surface area contributed by atoms with Crippen molar-refractivity contribution in [2.75, 3.05) is 5.32 Å². The summed E-state index contributed by atoms with van der Waals surface area (Å²) in [6.07, 6.45) is -0.558. The van der Waals surface area contributed by atoms with Gasteiger partial charge in [0.1, 0.15) is 0 Å². The van der Waals surface area contributed by atoms with Gasteiger partial charge in [0.2, 0.25) is 5.91 Å². The fourth-order valence-corrected chi connectivity index (χ4v) is 1.98. The SMILES string of the molecule is O=C(O)CCC(=O)NNC(=O)c1ccc(NC(=O)c2ccccc2)cc1. The predicted octanol–water partition coefficient (Wildman–Crippen LogP) is 1.56. The van der Waals surface area contributed by atoms with E-state index in [1.165, 1.54) is 12.1 Å². The Hall–Kier alpha value is -3.68. The lowest BCUT2D eigenvalue weighted by molar-refractivity contribution is -0.138. The number of nitrogens with one attached hydrogen (secondary N) is 3. The summed E-state index contributed by atoms with van der Waals surface area (Å²) in [5, 5.41) is 11.2. The number of carboxylic acid groups (broad SMARTS) is 1. The molecule has 2 rings (SSSR count). The topological polar surface area (TPSA) is 125 Å². The minimum atomic E-state index is -1.10. The molecule has 0 aromatic heterocycles. The van der Waals surface area contributed by atoms with Crippen molar-refractivity contribution in [3.05, 3.63) is 65.7 Å². The third kappa shape index (κ3) is 5.75. The van der Waals surface area contributed by atoms with E-state index in [1.54, 1.807) is 36.4 Å². The fourth-order valence-electron chi connectivity index (χ4n) is 1.98. The van der Waals surface area contributed by atoms with Gasteiger partial charge in [0.15, 0.2) is 0 Å². The van der Waals surface area contributed by atoms with Crippen molar-refractivity contribution < 1.29 is 24.3 Å². The molecule has 0 fully saturated rings. The third-order valence-electron chi connectivity index (χ3n) is 3.32. The first-order chi connectivity index (χ1) is 12.5. The Labute approximate surface area is 149 Å². The lowest BCUT2D eigenvalue weighted by Crippen LogP contribution is -2.41. The molecule has 0 unspecified atom stereocenters. The summed E-state index contributed by atoms with van der Waals surface area (Å²) >= 11 is 0. The van der Waals surface area contributed by atoms with Crippen molar-refractivity contribution >= 4 is 29.4 Å². The Bertz CT molecular complexity index is 803. The molecule has 26 heavy (non-hydrogen) atoms. The maximum atomic E-state index is 12.0. The second-order valence-corrected chi connectivity index (χ2v) is 5.29. The molecule has 2 aromatic carbocycles. The summed E-state index contributed by atoms with van der Waals surface area (Å²) in [5.41, 5.74) is 5.62. The molecule has 0 saturated heterocycles. The van der Waals surface area contributed by atoms with Gasteiger partial charge in [-0.15, -0.1) is 0 Å². The summed E-state index contributed by atoms with van der Waals surface area (Å²) in [6.45, 7) is 0. The van der Waals surface area contributed by atoms with Gasteiger partial charge >= 0.3 is 5.97 Å². The minimum absolute atomic E-state index is 0.236. The van der Waals surface area contributed by atoms with E-state index < -0.39 is 17.8 Å². The van der Waals surface area contributed by atoms with E-state index in [9.17, 15) is 19.2 Å². The van der Waals surface area contributed by atoms with Crippen LogP contribution in [0.3, 0.4) is 0 Å². The summed E-state index contributed by atoms with van der Waals surface area (Å²) in [6, 6.07) is 14.8. The molecule has 0 aliphatic rings. The van der Waals surface area contributed by atoms with E-state index >= 15 is 0 Å². The molecule has 0 bridgehead atoms. The number of hydrogen-bond donors (Lipinski definition) is 4. The van der Waals surface area contributed by atoms with Crippen LogP contribution in [0.4, 0.5) is 5.69 Å². The Morgan fingerprint density at radius 1 is 0.731 bits per heavy atom.